The molecule has 3 N–H and O–H groups in total. The minimum atomic E-state index is -1.91. The molecule has 8 nitrogen and oxygen atoms in total. The van der Waals surface area contributed by atoms with Crippen LogP contribution in [0.15, 0.2) is 17.4 Å². The highest BCUT2D eigenvalue weighted by molar-refractivity contribution is 5.68. The summed E-state index contributed by atoms with van der Waals surface area (Å²) in [5.41, 5.74) is -2.24. The summed E-state index contributed by atoms with van der Waals surface area (Å²) in [6.45, 7) is -0.748. The minimum Gasteiger partial charge on any atom is -0.392 e. The maximum absolute atomic E-state index is 14.3. The van der Waals surface area contributed by atoms with Crippen molar-refractivity contribution < 1.29 is 19.3 Å². The molecule has 0 aromatic carbocycles. The SMILES string of the molecule is C#CC1(CO)OC(n2cnc3c(=O)[nH]cnc32)C(F)C1O. The fraction of sp³-hybridized carbons (Fsp3) is 0.417. The summed E-state index contributed by atoms with van der Waals surface area (Å²) in [4.78, 5) is 21.6. The number of alkyl halides is 1. The fourth-order valence-corrected chi connectivity index (χ4v) is 2.32. The van der Waals surface area contributed by atoms with Crippen molar-refractivity contribution in [1.29, 1.82) is 0 Å². The van der Waals surface area contributed by atoms with Crippen molar-refractivity contribution in [2.24, 2.45) is 0 Å². The molecule has 0 radical (unpaired) electrons. The van der Waals surface area contributed by atoms with Gasteiger partial charge < -0.3 is 19.9 Å². The molecule has 3 rings (SSSR count). The number of aliphatic hydroxyl groups is 2. The van der Waals surface area contributed by atoms with E-state index in [1.54, 1.807) is 0 Å². The van der Waals surface area contributed by atoms with Gasteiger partial charge >= 0.3 is 0 Å². The van der Waals surface area contributed by atoms with E-state index in [9.17, 15) is 19.4 Å². The van der Waals surface area contributed by atoms with Gasteiger partial charge in [0.1, 0.15) is 6.10 Å². The average Bonchev–Trinajstić information content (AvgIpc) is 3.02. The van der Waals surface area contributed by atoms with Crippen LogP contribution >= 0.6 is 0 Å². The molecule has 110 valence electrons. The van der Waals surface area contributed by atoms with Crippen LogP contribution in [-0.4, -0.2) is 54.2 Å². The number of hydrogen-bond donors (Lipinski definition) is 3. The lowest BCUT2D eigenvalue weighted by Crippen LogP contribution is -2.44. The number of aromatic amines is 1. The van der Waals surface area contributed by atoms with Crippen LogP contribution in [0.4, 0.5) is 4.39 Å². The molecule has 1 aliphatic heterocycles. The maximum atomic E-state index is 14.3. The first-order valence-corrected chi connectivity index (χ1v) is 6.03. The monoisotopic (exact) mass is 294 g/mol. The van der Waals surface area contributed by atoms with Gasteiger partial charge in [-0.15, -0.1) is 6.42 Å². The molecule has 0 spiro atoms. The van der Waals surface area contributed by atoms with Crippen LogP contribution in [0.25, 0.3) is 11.2 Å². The molecule has 1 saturated heterocycles. The standard InChI is InChI=1S/C12H11FN4O4/c1-2-12(3-18)8(19)6(13)11(21-12)17-5-16-7-9(17)14-4-15-10(7)20/h1,4-6,8,11,18-19H,3H2,(H,14,15,20). The van der Waals surface area contributed by atoms with Crippen molar-refractivity contribution in [2.45, 2.75) is 24.1 Å². The third-order valence-electron chi connectivity index (χ3n) is 3.50. The van der Waals surface area contributed by atoms with Crippen LogP contribution in [0, 0.1) is 12.3 Å². The van der Waals surface area contributed by atoms with Gasteiger partial charge in [0, 0.05) is 0 Å². The van der Waals surface area contributed by atoms with Crippen molar-refractivity contribution in [3.63, 3.8) is 0 Å². The second-order valence-corrected chi connectivity index (χ2v) is 4.65. The molecule has 2 aromatic rings. The topological polar surface area (TPSA) is 113 Å². The Labute approximate surface area is 117 Å². The van der Waals surface area contributed by atoms with Crippen LogP contribution < -0.4 is 5.56 Å². The number of fused-ring (bicyclic) bond motifs is 1. The van der Waals surface area contributed by atoms with Gasteiger partial charge in [0.2, 0.25) is 0 Å². The maximum Gasteiger partial charge on any atom is 0.278 e. The summed E-state index contributed by atoms with van der Waals surface area (Å²) in [7, 11) is 0. The Balaban J connectivity index is 2.10. The first kappa shape index (κ1) is 13.7. The van der Waals surface area contributed by atoms with Crippen LogP contribution in [-0.2, 0) is 4.74 Å². The number of aliphatic hydroxyl groups excluding tert-OH is 2. The third kappa shape index (κ3) is 1.77. The fourth-order valence-electron chi connectivity index (χ4n) is 2.32. The molecule has 0 aliphatic carbocycles. The summed E-state index contributed by atoms with van der Waals surface area (Å²) in [5.74, 6) is 2.07. The Bertz CT molecular complexity index is 781. The van der Waals surface area contributed by atoms with Gasteiger partial charge in [-0.3, -0.25) is 9.36 Å². The van der Waals surface area contributed by atoms with E-state index in [0.29, 0.717) is 0 Å². The Hall–Kier alpha value is -2.28. The molecule has 3 heterocycles. The predicted molar refractivity (Wildman–Crippen MR) is 67.8 cm³/mol. The zero-order chi connectivity index (χ0) is 15.2. The number of hydrogen-bond acceptors (Lipinski definition) is 6. The number of rotatable bonds is 2. The van der Waals surface area contributed by atoms with E-state index < -0.39 is 36.3 Å². The van der Waals surface area contributed by atoms with Gasteiger partial charge in [-0.2, -0.15) is 0 Å². The van der Waals surface area contributed by atoms with Crippen LogP contribution in [0.5, 0.6) is 0 Å². The first-order chi connectivity index (χ1) is 10.0. The second-order valence-electron chi connectivity index (χ2n) is 4.65. The summed E-state index contributed by atoms with van der Waals surface area (Å²) >= 11 is 0. The normalized spacial score (nSPS) is 32.4. The van der Waals surface area contributed by atoms with E-state index in [1.165, 1.54) is 6.33 Å². The molecule has 4 unspecified atom stereocenters. The largest absolute Gasteiger partial charge is 0.392 e. The number of nitrogens with zero attached hydrogens (tertiary/aromatic N) is 3. The number of imidazole rings is 1. The predicted octanol–water partition coefficient (Wildman–Crippen LogP) is -1.29. The van der Waals surface area contributed by atoms with E-state index in [2.05, 4.69) is 20.9 Å². The van der Waals surface area contributed by atoms with Gasteiger partial charge in [-0.25, -0.2) is 14.4 Å². The summed E-state index contributed by atoms with van der Waals surface area (Å²) in [5, 5.41) is 19.2. The molecular weight excluding hydrogens is 283 g/mol. The Kier molecular flexibility index (Phi) is 3.02. The molecule has 9 heteroatoms. The summed E-state index contributed by atoms with van der Waals surface area (Å²) in [6, 6.07) is 0. The molecule has 0 amide bonds. The minimum absolute atomic E-state index is 0.00463. The lowest BCUT2D eigenvalue weighted by molar-refractivity contribution is -0.0900. The van der Waals surface area contributed by atoms with Gasteiger partial charge in [-0.05, 0) is 0 Å². The third-order valence-corrected chi connectivity index (χ3v) is 3.50. The van der Waals surface area contributed by atoms with Gasteiger partial charge in [0.15, 0.2) is 29.2 Å². The number of aromatic nitrogens is 4. The number of ether oxygens (including phenoxy) is 1. The average molecular weight is 294 g/mol. The summed E-state index contributed by atoms with van der Waals surface area (Å²) in [6.07, 6.45) is 2.57. The van der Waals surface area contributed by atoms with Crippen LogP contribution in [0.2, 0.25) is 0 Å². The number of terminal acetylenes is 1. The zero-order valence-corrected chi connectivity index (χ0v) is 10.6. The first-order valence-electron chi connectivity index (χ1n) is 6.03. The number of H-pyrrole nitrogens is 1. The zero-order valence-electron chi connectivity index (χ0n) is 10.6. The molecular formula is C12H11FN4O4. The van der Waals surface area contributed by atoms with E-state index in [1.807, 2.05) is 0 Å². The van der Waals surface area contributed by atoms with Crippen molar-refractivity contribution >= 4 is 11.2 Å². The van der Waals surface area contributed by atoms with E-state index >= 15 is 0 Å². The van der Waals surface area contributed by atoms with Gasteiger partial charge in [0.05, 0.1) is 19.3 Å². The van der Waals surface area contributed by atoms with E-state index in [4.69, 9.17) is 11.2 Å². The Morgan fingerprint density at radius 1 is 1.62 bits per heavy atom. The molecule has 1 fully saturated rings. The van der Waals surface area contributed by atoms with Crippen molar-refractivity contribution in [1.82, 2.24) is 19.5 Å². The van der Waals surface area contributed by atoms with Crippen LogP contribution in [0.3, 0.4) is 0 Å². The Morgan fingerprint density at radius 2 is 2.38 bits per heavy atom. The van der Waals surface area contributed by atoms with Crippen LogP contribution in [0.1, 0.15) is 6.23 Å². The highest BCUT2D eigenvalue weighted by Crippen LogP contribution is 2.39. The van der Waals surface area contributed by atoms with Gasteiger partial charge in [-0.1, -0.05) is 5.92 Å². The number of halogens is 1. The molecule has 0 bridgehead atoms. The Morgan fingerprint density at radius 3 is 3.00 bits per heavy atom. The molecule has 2 aromatic heterocycles. The van der Waals surface area contributed by atoms with Crippen molar-refractivity contribution in [3.8, 4) is 12.3 Å². The molecule has 1 aliphatic rings. The van der Waals surface area contributed by atoms with E-state index in [-0.39, 0.29) is 11.2 Å². The molecule has 21 heavy (non-hydrogen) atoms. The van der Waals surface area contributed by atoms with Crippen molar-refractivity contribution in [2.75, 3.05) is 6.61 Å². The quantitative estimate of drug-likeness (QED) is 0.594. The van der Waals surface area contributed by atoms with Gasteiger partial charge in [0.25, 0.3) is 5.56 Å². The highest BCUT2D eigenvalue weighted by Gasteiger charge is 2.55. The second kappa shape index (κ2) is 4.63. The lowest BCUT2D eigenvalue weighted by atomic mass is 9.98. The van der Waals surface area contributed by atoms with E-state index in [0.717, 1.165) is 10.9 Å². The number of nitrogens with one attached hydrogen (secondary N) is 1. The lowest BCUT2D eigenvalue weighted by Gasteiger charge is -2.23. The highest BCUT2D eigenvalue weighted by atomic mass is 19.1. The molecule has 4 atom stereocenters. The smallest absolute Gasteiger partial charge is 0.278 e. The van der Waals surface area contributed by atoms with Crippen molar-refractivity contribution in [3.05, 3.63) is 23.0 Å². The molecule has 0 saturated carbocycles. The summed E-state index contributed by atoms with van der Waals surface area (Å²) < 4.78 is 20.8.